The molecule has 7 heteroatoms. The minimum atomic E-state index is 0.475. The standard InChI is InChI=1S/C23H37ClN4O2/c1-2-25-23(26-11-3-14-29-17-20-10-15-30-18-20)27-22-8-12-28(13-9-22)16-19-4-6-21(24)7-5-19/h4-7,20,22H,2-3,8-18H2,1H3,(H2,25,26,27). The van der Waals surface area contributed by atoms with Crippen LogP contribution in [0.2, 0.25) is 5.02 Å². The molecule has 2 heterocycles. The molecule has 1 aromatic carbocycles. The zero-order valence-corrected chi connectivity index (χ0v) is 19.0. The van der Waals surface area contributed by atoms with Gasteiger partial charge in [-0.1, -0.05) is 23.7 Å². The number of aliphatic imine (C=N–C) groups is 1. The van der Waals surface area contributed by atoms with E-state index in [0.29, 0.717) is 12.0 Å². The number of ether oxygens (including phenoxy) is 2. The summed E-state index contributed by atoms with van der Waals surface area (Å²) in [7, 11) is 0. The van der Waals surface area contributed by atoms with Crippen molar-refractivity contribution in [2.75, 3.05) is 52.6 Å². The Morgan fingerprint density at radius 2 is 2.03 bits per heavy atom. The Morgan fingerprint density at radius 3 is 2.73 bits per heavy atom. The van der Waals surface area contributed by atoms with Gasteiger partial charge < -0.3 is 20.1 Å². The van der Waals surface area contributed by atoms with Gasteiger partial charge >= 0.3 is 0 Å². The van der Waals surface area contributed by atoms with Crippen molar-refractivity contribution in [3.05, 3.63) is 34.9 Å². The summed E-state index contributed by atoms with van der Waals surface area (Å²) < 4.78 is 11.2. The highest BCUT2D eigenvalue weighted by Gasteiger charge is 2.20. The molecule has 1 atom stereocenters. The van der Waals surface area contributed by atoms with Crippen molar-refractivity contribution in [2.45, 2.75) is 45.2 Å². The summed E-state index contributed by atoms with van der Waals surface area (Å²) in [6, 6.07) is 8.65. The highest BCUT2D eigenvalue weighted by Crippen LogP contribution is 2.16. The van der Waals surface area contributed by atoms with Crippen LogP contribution in [0.1, 0.15) is 38.2 Å². The van der Waals surface area contributed by atoms with Crippen molar-refractivity contribution in [2.24, 2.45) is 10.9 Å². The molecule has 0 saturated carbocycles. The molecule has 0 bridgehead atoms. The third-order valence-corrected chi connectivity index (χ3v) is 5.94. The fraction of sp³-hybridized carbons (Fsp3) is 0.696. The number of halogens is 1. The molecular formula is C23H37ClN4O2. The zero-order valence-electron chi connectivity index (χ0n) is 18.2. The number of nitrogens with one attached hydrogen (secondary N) is 2. The molecule has 30 heavy (non-hydrogen) atoms. The minimum Gasteiger partial charge on any atom is -0.381 e. The Morgan fingerprint density at radius 1 is 1.23 bits per heavy atom. The molecule has 6 nitrogen and oxygen atoms in total. The average Bonchev–Trinajstić information content (AvgIpc) is 3.27. The number of hydrogen-bond acceptors (Lipinski definition) is 4. The molecule has 0 spiro atoms. The monoisotopic (exact) mass is 436 g/mol. The molecule has 2 saturated heterocycles. The molecule has 168 valence electrons. The summed E-state index contributed by atoms with van der Waals surface area (Å²) in [4.78, 5) is 7.25. The molecule has 2 fully saturated rings. The smallest absolute Gasteiger partial charge is 0.191 e. The van der Waals surface area contributed by atoms with E-state index in [2.05, 4.69) is 34.6 Å². The van der Waals surface area contributed by atoms with Crippen molar-refractivity contribution >= 4 is 17.6 Å². The van der Waals surface area contributed by atoms with E-state index in [1.165, 1.54) is 5.56 Å². The van der Waals surface area contributed by atoms with E-state index in [1.54, 1.807) is 0 Å². The number of rotatable bonds is 10. The van der Waals surface area contributed by atoms with Crippen LogP contribution >= 0.6 is 11.6 Å². The molecule has 1 aromatic rings. The summed E-state index contributed by atoms with van der Waals surface area (Å²) in [5, 5.41) is 7.80. The van der Waals surface area contributed by atoms with E-state index >= 15 is 0 Å². The maximum atomic E-state index is 5.98. The van der Waals surface area contributed by atoms with Crippen molar-refractivity contribution in [3.8, 4) is 0 Å². The van der Waals surface area contributed by atoms with E-state index in [9.17, 15) is 0 Å². The first kappa shape index (κ1) is 23.3. The first-order valence-corrected chi connectivity index (χ1v) is 11.8. The van der Waals surface area contributed by atoms with Crippen LogP contribution in [-0.4, -0.2) is 69.5 Å². The van der Waals surface area contributed by atoms with Gasteiger partial charge in [0.2, 0.25) is 0 Å². The van der Waals surface area contributed by atoms with Crippen molar-refractivity contribution in [3.63, 3.8) is 0 Å². The van der Waals surface area contributed by atoms with Crippen LogP contribution in [0.4, 0.5) is 0 Å². The average molecular weight is 437 g/mol. The van der Waals surface area contributed by atoms with Gasteiger partial charge in [0.1, 0.15) is 0 Å². The normalized spacial score (nSPS) is 21.1. The molecule has 0 aromatic heterocycles. The van der Waals surface area contributed by atoms with Gasteiger partial charge in [-0.05, 0) is 50.3 Å². The fourth-order valence-corrected chi connectivity index (χ4v) is 4.05. The molecule has 2 N–H and O–H groups in total. The highest BCUT2D eigenvalue weighted by atomic mass is 35.5. The van der Waals surface area contributed by atoms with Crippen LogP contribution < -0.4 is 10.6 Å². The van der Waals surface area contributed by atoms with Gasteiger partial charge in [-0.15, -0.1) is 0 Å². The second kappa shape index (κ2) is 13.2. The molecular weight excluding hydrogens is 400 g/mol. The Hall–Kier alpha value is -1.34. The lowest BCUT2D eigenvalue weighted by Gasteiger charge is -2.33. The van der Waals surface area contributed by atoms with Gasteiger partial charge in [0, 0.05) is 62.9 Å². The third kappa shape index (κ3) is 8.42. The Labute approximate surface area is 186 Å². The van der Waals surface area contributed by atoms with Crippen LogP contribution in [0.5, 0.6) is 0 Å². The summed E-state index contributed by atoms with van der Waals surface area (Å²) in [5.41, 5.74) is 1.32. The first-order chi connectivity index (χ1) is 14.7. The summed E-state index contributed by atoms with van der Waals surface area (Å²) in [6.45, 7) is 10.3. The zero-order chi connectivity index (χ0) is 21.0. The van der Waals surface area contributed by atoms with E-state index in [-0.39, 0.29) is 0 Å². The SMILES string of the molecule is CCNC(=NCCCOCC1CCOC1)NC1CCN(Cc2ccc(Cl)cc2)CC1. The predicted octanol–water partition coefficient (Wildman–Crippen LogP) is 3.30. The van der Waals surface area contributed by atoms with E-state index in [0.717, 1.165) is 95.8 Å². The number of likely N-dealkylation sites (tertiary alicyclic amines) is 1. The second-order valence-corrected chi connectivity index (χ2v) is 8.68. The Bertz CT molecular complexity index is 627. The molecule has 2 aliphatic rings. The number of hydrogen-bond donors (Lipinski definition) is 2. The van der Waals surface area contributed by atoms with Crippen LogP contribution in [0.3, 0.4) is 0 Å². The Balaban J connectivity index is 1.32. The van der Waals surface area contributed by atoms with Crippen molar-refractivity contribution in [1.82, 2.24) is 15.5 Å². The van der Waals surface area contributed by atoms with Gasteiger partial charge in [0.05, 0.1) is 13.2 Å². The molecule has 0 amide bonds. The Kier molecular flexibility index (Phi) is 10.2. The number of benzene rings is 1. The van der Waals surface area contributed by atoms with Gasteiger partial charge in [-0.25, -0.2) is 0 Å². The highest BCUT2D eigenvalue weighted by molar-refractivity contribution is 6.30. The van der Waals surface area contributed by atoms with Gasteiger partial charge in [-0.2, -0.15) is 0 Å². The lowest BCUT2D eigenvalue weighted by molar-refractivity contribution is 0.0893. The summed E-state index contributed by atoms with van der Waals surface area (Å²) in [6.07, 6.45) is 4.34. The maximum Gasteiger partial charge on any atom is 0.191 e. The minimum absolute atomic E-state index is 0.475. The summed E-state index contributed by atoms with van der Waals surface area (Å²) >= 11 is 5.98. The number of guanidine groups is 1. The van der Waals surface area contributed by atoms with Gasteiger partial charge in [0.25, 0.3) is 0 Å². The fourth-order valence-electron chi connectivity index (χ4n) is 3.92. The first-order valence-electron chi connectivity index (χ1n) is 11.4. The van der Waals surface area contributed by atoms with Crippen LogP contribution in [0.25, 0.3) is 0 Å². The molecule has 0 aliphatic carbocycles. The van der Waals surface area contributed by atoms with E-state index < -0.39 is 0 Å². The number of nitrogens with zero attached hydrogens (tertiary/aromatic N) is 2. The van der Waals surface area contributed by atoms with E-state index in [4.69, 9.17) is 26.1 Å². The van der Waals surface area contributed by atoms with Crippen molar-refractivity contribution in [1.29, 1.82) is 0 Å². The number of piperidine rings is 1. The quantitative estimate of drug-likeness (QED) is 0.335. The third-order valence-electron chi connectivity index (χ3n) is 5.69. The second-order valence-electron chi connectivity index (χ2n) is 8.24. The van der Waals surface area contributed by atoms with Crippen LogP contribution in [0.15, 0.2) is 29.3 Å². The van der Waals surface area contributed by atoms with Crippen molar-refractivity contribution < 1.29 is 9.47 Å². The van der Waals surface area contributed by atoms with E-state index in [1.807, 2.05) is 12.1 Å². The lowest BCUT2D eigenvalue weighted by Crippen LogP contribution is -2.48. The van der Waals surface area contributed by atoms with Gasteiger partial charge in [-0.3, -0.25) is 9.89 Å². The van der Waals surface area contributed by atoms with Crippen LogP contribution in [0, 0.1) is 5.92 Å². The van der Waals surface area contributed by atoms with Gasteiger partial charge in [0.15, 0.2) is 5.96 Å². The topological polar surface area (TPSA) is 58.1 Å². The largest absolute Gasteiger partial charge is 0.381 e. The molecule has 0 radical (unpaired) electrons. The summed E-state index contributed by atoms with van der Waals surface area (Å²) in [5.74, 6) is 1.51. The maximum absolute atomic E-state index is 5.98. The van der Waals surface area contributed by atoms with Crippen LogP contribution in [-0.2, 0) is 16.0 Å². The molecule has 2 aliphatic heterocycles. The molecule has 3 rings (SSSR count). The molecule has 1 unspecified atom stereocenters. The predicted molar refractivity (Wildman–Crippen MR) is 123 cm³/mol. The lowest BCUT2D eigenvalue weighted by atomic mass is 10.0.